The van der Waals surface area contributed by atoms with Gasteiger partial charge in [-0.05, 0) is 57.3 Å². The van der Waals surface area contributed by atoms with Crippen LogP contribution in [0.1, 0.15) is 62.9 Å². The van der Waals surface area contributed by atoms with Gasteiger partial charge in [-0.15, -0.1) is 0 Å². The van der Waals surface area contributed by atoms with E-state index in [-0.39, 0.29) is 0 Å². The standard InChI is InChI=1S/C25H30Cl2N6/c1-2-14-33-23(21-4-3-11-29-25(31-21)30-18-6-7-18)22(17-5-8-19(26)20(27)15-17)32-24(33)16-9-12-28-13-10-16/h4-5,8,11,15-16,18,28H,2-3,6-7,9-10,12-14H2,1H3,(H,30,31). The summed E-state index contributed by atoms with van der Waals surface area (Å²) in [6, 6.07) is 6.18. The van der Waals surface area contributed by atoms with Gasteiger partial charge in [0.05, 0.1) is 33.2 Å². The van der Waals surface area contributed by atoms with Crippen molar-refractivity contribution in [2.75, 3.05) is 13.1 Å². The number of hydrogen-bond acceptors (Lipinski definition) is 3. The molecule has 3 heterocycles. The number of allylic oxidation sites excluding steroid dienone is 1. The summed E-state index contributed by atoms with van der Waals surface area (Å²) in [5, 5.41) is 8.10. The van der Waals surface area contributed by atoms with Gasteiger partial charge >= 0.3 is 0 Å². The van der Waals surface area contributed by atoms with Crippen LogP contribution in [0.2, 0.25) is 10.0 Å². The highest BCUT2D eigenvalue weighted by atomic mass is 35.5. The van der Waals surface area contributed by atoms with E-state index in [0.717, 1.165) is 86.6 Å². The highest BCUT2D eigenvalue weighted by molar-refractivity contribution is 6.42. The Kier molecular flexibility index (Phi) is 6.86. The van der Waals surface area contributed by atoms with E-state index in [0.29, 0.717) is 28.0 Å². The van der Waals surface area contributed by atoms with Gasteiger partial charge in [-0.1, -0.05) is 42.3 Å². The number of imidazole rings is 1. The van der Waals surface area contributed by atoms with Crippen LogP contribution in [0.4, 0.5) is 0 Å². The zero-order valence-corrected chi connectivity index (χ0v) is 20.5. The number of guanidine groups is 1. The number of nitrogens with one attached hydrogen (secondary N) is 2. The van der Waals surface area contributed by atoms with Crippen molar-refractivity contribution in [1.82, 2.24) is 20.2 Å². The molecule has 2 aliphatic heterocycles. The molecule has 3 aliphatic rings. The molecule has 6 nitrogen and oxygen atoms in total. The molecule has 0 amide bonds. The second kappa shape index (κ2) is 10.00. The third-order valence-corrected chi connectivity index (χ3v) is 7.07. The number of hydrogen-bond donors (Lipinski definition) is 2. The van der Waals surface area contributed by atoms with Gasteiger partial charge in [0.2, 0.25) is 5.96 Å². The molecule has 0 atom stereocenters. The maximum atomic E-state index is 6.43. The molecule has 33 heavy (non-hydrogen) atoms. The Bertz CT molecular complexity index is 1110. The van der Waals surface area contributed by atoms with Gasteiger partial charge in [-0.3, -0.25) is 0 Å². The minimum atomic E-state index is 0.393. The molecule has 1 saturated heterocycles. The normalized spacial score (nSPS) is 20.6. The van der Waals surface area contributed by atoms with Crippen molar-refractivity contribution >= 4 is 41.1 Å². The molecule has 2 aromatic rings. The molecule has 2 N–H and O–H groups in total. The topological polar surface area (TPSA) is 66.6 Å². The van der Waals surface area contributed by atoms with Crippen LogP contribution < -0.4 is 10.6 Å². The number of rotatable bonds is 6. The van der Waals surface area contributed by atoms with E-state index >= 15 is 0 Å². The van der Waals surface area contributed by atoms with Crippen molar-refractivity contribution in [2.45, 2.75) is 64.0 Å². The van der Waals surface area contributed by atoms with E-state index in [2.05, 4.69) is 33.2 Å². The SMILES string of the molecule is CCCn1c(C2CCNCC2)nc(-c2ccc(Cl)c(Cl)c2)c1C1=CCC=NC(=NC2CC2)N1. The van der Waals surface area contributed by atoms with Crippen molar-refractivity contribution in [3.63, 3.8) is 0 Å². The van der Waals surface area contributed by atoms with Gasteiger partial charge in [0.25, 0.3) is 0 Å². The first-order valence-electron chi connectivity index (χ1n) is 12.0. The minimum absolute atomic E-state index is 0.393. The fourth-order valence-corrected chi connectivity index (χ4v) is 4.84. The summed E-state index contributed by atoms with van der Waals surface area (Å²) in [5.41, 5.74) is 3.99. The summed E-state index contributed by atoms with van der Waals surface area (Å²) < 4.78 is 2.41. The van der Waals surface area contributed by atoms with Crippen molar-refractivity contribution in [2.24, 2.45) is 9.98 Å². The van der Waals surface area contributed by atoms with Gasteiger partial charge in [-0.25, -0.2) is 15.0 Å². The minimum Gasteiger partial charge on any atom is -0.326 e. The molecule has 0 unspecified atom stereocenters. The molecule has 1 aliphatic carbocycles. The lowest BCUT2D eigenvalue weighted by molar-refractivity contribution is 0.428. The third-order valence-electron chi connectivity index (χ3n) is 6.34. The first-order chi connectivity index (χ1) is 16.1. The molecule has 1 aromatic heterocycles. The number of aliphatic imine (C=N–C) groups is 2. The quantitative estimate of drug-likeness (QED) is 0.555. The fraction of sp³-hybridized carbons (Fsp3) is 0.480. The molecule has 5 rings (SSSR count). The Hall–Kier alpha value is -2.15. The molecule has 8 heteroatoms. The predicted octanol–water partition coefficient (Wildman–Crippen LogP) is 5.66. The van der Waals surface area contributed by atoms with Crippen LogP contribution in [-0.4, -0.2) is 40.9 Å². The van der Waals surface area contributed by atoms with Gasteiger partial charge in [0.1, 0.15) is 5.82 Å². The van der Waals surface area contributed by atoms with Crippen molar-refractivity contribution in [3.8, 4) is 11.3 Å². The first-order valence-corrected chi connectivity index (χ1v) is 12.7. The number of nitrogens with zero attached hydrogens (tertiary/aromatic N) is 4. The molecular formula is C25H30Cl2N6. The van der Waals surface area contributed by atoms with Crippen LogP contribution in [0.3, 0.4) is 0 Å². The van der Waals surface area contributed by atoms with E-state index in [1.165, 1.54) is 0 Å². The smallest absolute Gasteiger partial charge is 0.222 e. The van der Waals surface area contributed by atoms with Gasteiger partial charge in [0, 0.05) is 30.7 Å². The predicted molar refractivity (Wildman–Crippen MR) is 137 cm³/mol. The van der Waals surface area contributed by atoms with Crippen molar-refractivity contribution in [1.29, 1.82) is 0 Å². The highest BCUT2D eigenvalue weighted by Gasteiger charge is 2.28. The van der Waals surface area contributed by atoms with E-state index in [9.17, 15) is 0 Å². The van der Waals surface area contributed by atoms with Crippen LogP contribution in [0, 0.1) is 0 Å². The monoisotopic (exact) mass is 484 g/mol. The molecule has 1 saturated carbocycles. The molecule has 2 fully saturated rings. The van der Waals surface area contributed by atoms with E-state index < -0.39 is 0 Å². The van der Waals surface area contributed by atoms with Crippen molar-refractivity contribution in [3.05, 3.63) is 45.8 Å². The molecular weight excluding hydrogens is 455 g/mol. The number of piperidine rings is 1. The molecule has 0 radical (unpaired) electrons. The summed E-state index contributed by atoms with van der Waals surface area (Å²) >= 11 is 12.7. The zero-order chi connectivity index (χ0) is 22.8. The van der Waals surface area contributed by atoms with Crippen LogP contribution >= 0.6 is 23.2 Å². The summed E-state index contributed by atoms with van der Waals surface area (Å²) in [6.45, 7) is 5.16. The van der Waals surface area contributed by atoms with E-state index in [1.54, 1.807) is 0 Å². The first kappa shape index (κ1) is 22.6. The number of aromatic nitrogens is 2. The molecule has 0 bridgehead atoms. The maximum absolute atomic E-state index is 6.43. The number of halogens is 2. The Morgan fingerprint density at radius 2 is 1.94 bits per heavy atom. The third kappa shape index (κ3) is 5.03. The van der Waals surface area contributed by atoms with Gasteiger partial charge in [0.15, 0.2) is 0 Å². The zero-order valence-electron chi connectivity index (χ0n) is 19.0. The van der Waals surface area contributed by atoms with Crippen LogP contribution in [-0.2, 0) is 6.54 Å². The summed E-state index contributed by atoms with van der Waals surface area (Å²) in [7, 11) is 0. The highest BCUT2D eigenvalue weighted by Crippen LogP contribution is 2.37. The Balaban J connectivity index is 1.65. The van der Waals surface area contributed by atoms with Crippen molar-refractivity contribution < 1.29 is 0 Å². The Morgan fingerprint density at radius 1 is 1.12 bits per heavy atom. The van der Waals surface area contributed by atoms with Crippen LogP contribution in [0.25, 0.3) is 17.0 Å². The van der Waals surface area contributed by atoms with E-state index in [4.69, 9.17) is 33.2 Å². The molecule has 174 valence electrons. The van der Waals surface area contributed by atoms with Gasteiger partial charge < -0.3 is 15.2 Å². The summed E-state index contributed by atoms with van der Waals surface area (Å²) in [6.07, 6.45) is 10.3. The van der Waals surface area contributed by atoms with Crippen LogP contribution in [0.5, 0.6) is 0 Å². The lowest BCUT2D eigenvalue weighted by Crippen LogP contribution is -2.28. The average molecular weight is 485 g/mol. The largest absolute Gasteiger partial charge is 0.326 e. The van der Waals surface area contributed by atoms with E-state index in [1.807, 2.05) is 24.4 Å². The lowest BCUT2D eigenvalue weighted by Gasteiger charge is -2.24. The second-order valence-corrected chi connectivity index (χ2v) is 9.76. The molecule has 0 spiro atoms. The average Bonchev–Trinajstić information content (AvgIpc) is 3.61. The maximum Gasteiger partial charge on any atom is 0.222 e. The molecule has 1 aromatic carbocycles. The number of benzene rings is 1. The Morgan fingerprint density at radius 3 is 2.67 bits per heavy atom. The summed E-state index contributed by atoms with van der Waals surface area (Å²) in [5.74, 6) is 2.27. The second-order valence-electron chi connectivity index (χ2n) is 8.95. The fourth-order valence-electron chi connectivity index (χ4n) is 4.54. The lowest BCUT2D eigenvalue weighted by atomic mass is 9.97. The van der Waals surface area contributed by atoms with Gasteiger partial charge in [-0.2, -0.15) is 0 Å². The van der Waals surface area contributed by atoms with Crippen LogP contribution in [0.15, 0.2) is 34.3 Å². The summed E-state index contributed by atoms with van der Waals surface area (Å²) in [4.78, 5) is 14.6. The Labute approximate surface area is 205 Å².